The van der Waals surface area contributed by atoms with E-state index in [1.807, 2.05) is 12.3 Å². The number of nitrogens with one attached hydrogen (secondary N) is 1. The minimum absolute atomic E-state index is 0.00957. The maximum atomic E-state index is 12.6. The Balaban J connectivity index is 1.39. The Morgan fingerprint density at radius 3 is 2.85 bits per heavy atom. The van der Waals surface area contributed by atoms with E-state index in [-0.39, 0.29) is 11.8 Å². The molecule has 27 heavy (non-hydrogen) atoms. The fraction of sp³-hybridized carbons (Fsp3) is 0.300. The van der Waals surface area contributed by atoms with Gasteiger partial charge in [-0.1, -0.05) is 11.6 Å². The van der Waals surface area contributed by atoms with Gasteiger partial charge in [0.05, 0.1) is 16.8 Å². The van der Waals surface area contributed by atoms with Gasteiger partial charge in [0, 0.05) is 30.9 Å². The number of fused-ring (bicyclic) bond motifs is 1. The molecule has 7 heteroatoms. The first-order chi connectivity index (χ1) is 13.2. The highest BCUT2D eigenvalue weighted by atomic mass is 35.5. The minimum atomic E-state index is -0.00957. The third-order valence-electron chi connectivity index (χ3n) is 4.93. The zero-order valence-electron chi connectivity index (χ0n) is 14.9. The lowest BCUT2D eigenvalue weighted by Gasteiger charge is -2.32. The van der Waals surface area contributed by atoms with Gasteiger partial charge < -0.3 is 15.0 Å². The van der Waals surface area contributed by atoms with E-state index < -0.39 is 0 Å². The number of benzene rings is 1. The fourth-order valence-corrected chi connectivity index (χ4v) is 4.61. The molecule has 5 nitrogen and oxygen atoms in total. The van der Waals surface area contributed by atoms with E-state index in [2.05, 4.69) is 26.6 Å². The molecular weight excluding hydrogens is 382 g/mol. The number of thiophene rings is 1. The number of amides is 1. The molecule has 140 valence electrons. The van der Waals surface area contributed by atoms with E-state index in [0.717, 1.165) is 31.7 Å². The second-order valence-electron chi connectivity index (χ2n) is 6.57. The van der Waals surface area contributed by atoms with Gasteiger partial charge in [-0.15, -0.1) is 11.3 Å². The first-order valence-corrected chi connectivity index (χ1v) is 10.1. The van der Waals surface area contributed by atoms with Crippen LogP contribution in [0.15, 0.2) is 41.9 Å². The number of ether oxygens (including phenoxy) is 1. The fourth-order valence-electron chi connectivity index (χ4n) is 3.45. The number of hydrogen-bond acceptors (Lipinski definition) is 5. The Hall–Kier alpha value is -2.31. The quantitative estimate of drug-likeness (QED) is 0.681. The Labute approximate surface area is 166 Å². The highest BCUT2D eigenvalue weighted by Crippen LogP contribution is 2.32. The van der Waals surface area contributed by atoms with Crippen LogP contribution in [0, 0.1) is 5.92 Å². The summed E-state index contributed by atoms with van der Waals surface area (Å²) in [4.78, 5) is 19.5. The lowest BCUT2D eigenvalue weighted by Crippen LogP contribution is -2.38. The molecule has 1 N–H and O–H groups in total. The van der Waals surface area contributed by atoms with Crippen LogP contribution in [-0.4, -0.2) is 31.1 Å². The number of aromatic nitrogens is 1. The van der Waals surface area contributed by atoms with Crippen molar-refractivity contribution in [3.05, 3.63) is 46.9 Å². The average molecular weight is 402 g/mol. The van der Waals surface area contributed by atoms with Crippen molar-refractivity contribution in [2.45, 2.75) is 12.8 Å². The van der Waals surface area contributed by atoms with Gasteiger partial charge in [0.15, 0.2) is 0 Å². The van der Waals surface area contributed by atoms with E-state index in [0.29, 0.717) is 16.5 Å². The number of carbonyl (C=O) groups is 1. The van der Waals surface area contributed by atoms with Crippen molar-refractivity contribution in [1.29, 1.82) is 0 Å². The zero-order chi connectivity index (χ0) is 18.8. The predicted molar refractivity (Wildman–Crippen MR) is 111 cm³/mol. The van der Waals surface area contributed by atoms with E-state index in [1.165, 1.54) is 10.1 Å². The molecule has 1 aliphatic heterocycles. The molecule has 0 aliphatic carbocycles. The van der Waals surface area contributed by atoms with Crippen LogP contribution in [0.1, 0.15) is 12.8 Å². The van der Waals surface area contributed by atoms with Gasteiger partial charge in [-0.2, -0.15) is 0 Å². The number of rotatable bonds is 4. The normalized spacial score (nSPS) is 15.1. The maximum Gasteiger partial charge on any atom is 0.227 e. The van der Waals surface area contributed by atoms with Crippen LogP contribution in [0.25, 0.3) is 10.1 Å². The zero-order valence-corrected chi connectivity index (χ0v) is 16.5. The van der Waals surface area contributed by atoms with Crippen LogP contribution >= 0.6 is 22.9 Å². The monoisotopic (exact) mass is 401 g/mol. The molecule has 4 rings (SSSR count). The molecule has 0 radical (unpaired) electrons. The summed E-state index contributed by atoms with van der Waals surface area (Å²) >= 11 is 7.85. The Morgan fingerprint density at radius 1 is 1.30 bits per heavy atom. The lowest BCUT2D eigenvalue weighted by molar-refractivity contribution is -0.120. The largest absolute Gasteiger partial charge is 0.495 e. The number of halogens is 1. The van der Waals surface area contributed by atoms with Crippen LogP contribution in [0.4, 0.5) is 11.5 Å². The second kappa shape index (κ2) is 7.74. The first kappa shape index (κ1) is 18.1. The molecule has 2 aromatic heterocycles. The third kappa shape index (κ3) is 3.73. The molecule has 0 unspecified atom stereocenters. The van der Waals surface area contributed by atoms with Crippen LogP contribution < -0.4 is 15.0 Å². The Kier molecular flexibility index (Phi) is 5.18. The maximum absolute atomic E-state index is 12.6. The van der Waals surface area contributed by atoms with Crippen molar-refractivity contribution >= 4 is 50.4 Å². The highest BCUT2D eigenvalue weighted by molar-refractivity contribution is 7.17. The summed E-state index contributed by atoms with van der Waals surface area (Å²) < 4.78 is 6.36. The van der Waals surface area contributed by atoms with Crippen molar-refractivity contribution in [3.8, 4) is 5.75 Å². The SMILES string of the molecule is COc1ccc(NC(=O)C2CCN(c3nccc4ccsc34)CC2)cc1Cl. The number of piperidine rings is 1. The Morgan fingerprint density at radius 2 is 2.11 bits per heavy atom. The average Bonchev–Trinajstić information content (AvgIpc) is 3.17. The van der Waals surface area contributed by atoms with Crippen LogP contribution in [-0.2, 0) is 4.79 Å². The van der Waals surface area contributed by atoms with E-state index >= 15 is 0 Å². The van der Waals surface area contributed by atoms with Crippen molar-refractivity contribution < 1.29 is 9.53 Å². The van der Waals surface area contributed by atoms with E-state index in [9.17, 15) is 4.79 Å². The lowest BCUT2D eigenvalue weighted by atomic mass is 9.95. The van der Waals surface area contributed by atoms with Crippen molar-refractivity contribution in [2.24, 2.45) is 5.92 Å². The van der Waals surface area contributed by atoms with Gasteiger partial charge >= 0.3 is 0 Å². The second-order valence-corrected chi connectivity index (χ2v) is 7.90. The summed E-state index contributed by atoms with van der Waals surface area (Å²) in [6, 6.07) is 9.43. The van der Waals surface area contributed by atoms with Crippen LogP contribution in [0.5, 0.6) is 5.75 Å². The third-order valence-corrected chi connectivity index (χ3v) is 6.16. The standard InChI is InChI=1S/C20H20ClN3O2S/c1-26-17-3-2-15(12-16(17)21)23-20(25)14-5-9-24(10-6-14)19-18-13(4-8-22-19)7-11-27-18/h2-4,7-8,11-12,14H,5-6,9-10H2,1H3,(H,23,25). The van der Waals surface area contributed by atoms with Gasteiger partial charge in [0.1, 0.15) is 11.6 Å². The smallest absolute Gasteiger partial charge is 0.227 e. The van der Waals surface area contributed by atoms with E-state index in [1.54, 1.807) is 36.6 Å². The van der Waals surface area contributed by atoms with Gasteiger partial charge in [0.25, 0.3) is 0 Å². The van der Waals surface area contributed by atoms with Crippen LogP contribution in [0.2, 0.25) is 5.02 Å². The van der Waals surface area contributed by atoms with Crippen LogP contribution in [0.3, 0.4) is 0 Å². The highest BCUT2D eigenvalue weighted by Gasteiger charge is 2.26. The Bertz CT molecular complexity index is 967. The number of pyridine rings is 1. The molecule has 0 bridgehead atoms. The summed E-state index contributed by atoms with van der Waals surface area (Å²) in [5.41, 5.74) is 0.693. The molecule has 1 saturated heterocycles. The predicted octanol–water partition coefficient (Wildman–Crippen LogP) is 4.81. The molecule has 3 aromatic rings. The summed E-state index contributed by atoms with van der Waals surface area (Å²) in [6.07, 6.45) is 3.47. The van der Waals surface area contributed by atoms with Gasteiger partial charge in [-0.3, -0.25) is 4.79 Å². The molecule has 1 aromatic carbocycles. The van der Waals surface area contributed by atoms with Crippen molar-refractivity contribution in [2.75, 3.05) is 30.4 Å². The molecule has 0 atom stereocenters. The van der Waals surface area contributed by atoms with Gasteiger partial charge in [-0.25, -0.2) is 4.98 Å². The first-order valence-electron chi connectivity index (χ1n) is 8.87. The number of carbonyl (C=O) groups excluding carboxylic acids is 1. The molecule has 3 heterocycles. The molecule has 0 spiro atoms. The summed E-state index contributed by atoms with van der Waals surface area (Å²) in [5, 5.41) is 6.78. The molecule has 1 aliphatic rings. The van der Waals surface area contributed by atoms with E-state index in [4.69, 9.17) is 16.3 Å². The van der Waals surface area contributed by atoms with Crippen molar-refractivity contribution in [1.82, 2.24) is 4.98 Å². The number of methoxy groups -OCH3 is 1. The number of anilines is 2. The minimum Gasteiger partial charge on any atom is -0.495 e. The summed E-state index contributed by atoms with van der Waals surface area (Å²) in [5.74, 6) is 1.66. The van der Waals surface area contributed by atoms with Gasteiger partial charge in [0.2, 0.25) is 5.91 Å². The molecule has 0 saturated carbocycles. The van der Waals surface area contributed by atoms with Gasteiger partial charge in [-0.05, 0) is 53.9 Å². The molecule has 1 fully saturated rings. The molecule has 1 amide bonds. The summed E-state index contributed by atoms with van der Waals surface area (Å²) in [7, 11) is 1.57. The topological polar surface area (TPSA) is 54.5 Å². The number of nitrogens with zero attached hydrogens (tertiary/aromatic N) is 2. The van der Waals surface area contributed by atoms with Crippen molar-refractivity contribution in [3.63, 3.8) is 0 Å². The summed E-state index contributed by atoms with van der Waals surface area (Å²) in [6.45, 7) is 1.65. The number of hydrogen-bond donors (Lipinski definition) is 1. The molecular formula is C20H20ClN3O2S.